The zero-order valence-corrected chi connectivity index (χ0v) is 15.5. The lowest BCUT2D eigenvalue weighted by molar-refractivity contribution is -0.120. The largest absolute Gasteiger partial charge is 0.324 e. The number of thiophene rings is 1. The van der Waals surface area contributed by atoms with Gasteiger partial charge >= 0.3 is 0 Å². The van der Waals surface area contributed by atoms with Crippen molar-refractivity contribution in [1.82, 2.24) is 0 Å². The number of carbonyl (C=O) groups is 2. The molecule has 0 radical (unpaired) electrons. The third-order valence-electron chi connectivity index (χ3n) is 4.10. The maximum atomic E-state index is 12.6. The van der Waals surface area contributed by atoms with E-state index >= 15 is 0 Å². The van der Waals surface area contributed by atoms with Gasteiger partial charge in [0.25, 0.3) is 0 Å². The van der Waals surface area contributed by atoms with E-state index in [1.807, 2.05) is 66.0 Å². The average molecular weight is 380 g/mol. The van der Waals surface area contributed by atoms with Gasteiger partial charge in [0.15, 0.2) is 0 Å². The summed E-state index contributed by atoms with van der Waals surface area (Å²) in [6, 6.07) is 19.4. The monoisotopic (exact) mass is 380 g/mol. The quantitative estimate of drug-likeness (QED) is 0.725. The zero-order valence-electron chi connectivity index (χ0n) is 13.8. The maximum absolute atomic E-state index is 12.6. The van der Waals surface area contributed by atoms with Gasteiger partial charge in [-0.1, -0.05) is 36.4 Å². The van der Waals surface area contributed by atoms with Crippen molar-refractivity contribution in [2.45, 2.75) is 4.90 Å². The van der Waals surface area contributed by atoms with Crippen LogP contribution < -0.4 is 10.2 Å². The first-order valence-electron chi connectivity index (χ1n) is 8.17. The van der Waals surface area contributed by atoms with E-state index in [0.717, 1.165) is 26.7 Å². The van der Waals surface area contributed by atoms with Gasteiger partial charge in [-0.05, 0) is 29.6 Å². The predicted octanol–water partition coefficient (Wildman–Crippen LogP) is 4.49. The summed E-state index contributed by atoms with van der Waals surface area (Å²) >= 11 is 3.14. The summed E-state index contributed by atoms with van der Waals surface area (Å²) in [7, 11) is 0. The number of hydrogen-bond donors (Lipinski definition) is 1. The third-order valence-corrected chi connectivity index (χ3v) is 6.05. The van der Waals surface area contributed by atoms with Gasteiger partial charge in [-0.25, -0.2) is 0 Å². The number of benzene rings is 2. The number of amides is 2. The summed E-state index contributed by atoms with van der Waals surface area (Å²) in [5.41, 5.74) is 2.54. The Balaban J connectivity index is 1.55. The summed E-state index contributed by atoms with van der Waals surface area (Å²) < 4.78 is 0. The number of para-hydroxylation sites is 2. The third kappa shape index (κ3) is 3.38. The number of rotatable bonds is 4. The van der Waals surface area contributed by atoms with Gasteiger partial charge in [-0.15, -0.1) is 23.1 Å². The van der Waals surface area contributed by atoms with Gasteiger partial charge in [0.2, 0.25) is 11.8 Å². The molecular formula is C20H16N2O2S2. The van der Waals surface area contributed by atoms with Crippen LogP contribution in [0.25, 0.3) is 10.4 Å². The van der Waals surface area contributed by atoms with Crippen molar-refractivity contribution < 1.29 is 9.59 Å². The van der Waals surface area contributed by atoms with Crippen molar-refractivity contribution in [3.8, 4) is 10.4 Å². The fourth-order valence-corrected chi connectivity index (χ4v) is 4.60. The Hall–Kier alpha value is -2.57. The molecule has 0 aliphatic carbocycles. The molecule has 0 unspecified atom stereocenters. The average Bonchev–Trinajstić information content (AvgIpc) is 3.19. The second-order valence-electron chi connectivity index (χ2n) is 5.81. The summed E-state index contributed by atoms with van der Waals surface area (Å²) in [6.07, 6.45) is 0. The molecule has 0 bridgehead atoms. The highest BCUT2D eigenvalue weighted by Crippen LogP contribution is 2.35. The van der Waals surface area contributed by atoms with E-state index in [9.17, 15) is 9.59 Å². The molecule has 1 aliphatic rings. The number of nitrogens with zero attached hydrogens (tertiary/aromatic N) is 1. The SMILES string of the molecule is O=C(CN1C(=O)CSc2ccccc21)Nc1ccccc1-c1cccs1. The van der Waals surface area contributed by atoms with Crippen LogP contribution in [-0.2, 0) is 9.59 Å². The molecule has 2 aromatic carbocycles. The minimum absolute atomic E-state index is 0.00911. The molecular weight excluding hydrogens is 364 g/mol. The molecule has 4 nitrogen and oxygen atoms in total. The Morgan fingerprint density at radius 2 is 1.85 bits per heavy atom. The van der Waals surface area contributed by atoms with Crippen molar-refractivity contribution in [3.63, 3.8) is 0 Å². The second kappa shape index (κ2) is 7.35. The predicted molar refractivity (Wildman–Crippen MR) is 108 cm³/mol. The van der Waals surface area contributed by atoms with E-state index in [1.54, 1.807) is 16.2 Å². The number of hydrogen-bond acceptors (Lipinski definition) is 4. The first-order chi connectivity index (χ1) is 12.7. The van der Waals surface area contributed by atoms with Crippen LogP contribution in [0.2, 0.25) is 0 Å². The summed E-state index contributed by atoms with van der Waals surface area (Å²) in [6.45, 7) is 0.00911. The van der Waals surface area contributed by atoms with Crippen molar-refractivity contribution >= 4 is 46.3 Å². The Bertz CT molecular complexity index is 954. The van der Waals surface area contributed by atoms with E-state index in [0.29, 0.717) is 5.75 Å². The molecule has 0 saturated heterocycles. The topological polar surface area (TPSA) is 49.4 Å². The second-order valence-corrected chi connectivity index (χ2v) is 7.77. The maximum Gasteiger partial charge on any atom is 0.244 e. The highest BCUT2D eigenvalue weighted by molar-refractivity contribution is 8.00. The lowest BCUT2D eigenvalue weighted by atomic mass is 10.1. The summed E-state index contributed by atoms with van der Waals surface area (Å²) in [5, 5.41) is 4.97. The van der Waals surface area contributed by atoms with Gasteiger partial charge in [-0.2, -0.15) is 0 Å². The molecule has 1 N–H and O–H groups in total. The van der Waals surface area contributed by atoms with Crippen molar-refractivity contribution in [3.05, 3.63) is 66.0 Å². The molecule has 2 amide bonds. The Kier molecular flexibility index (Phi) is 4.77. The minimum atomic E-state index is -0.205. The molecule has 0 fully saturated rings. The van der Waals surface area contributed by atoms with Crippen molar-refractivity contribution in [1.29, 1.82) is 0 Å². The number of thioether (sulfide) groups is 1. The Morgan fingerprint density at radius 1 is 1.04 bits per heavy atom. The fourth-order valence-electron chi connectivity index (χ4n) is 2.90. The molecule has 1 aromatic heterocycles. The Morgan fingerprint density at radius 3 is 2.69 bits per heavy atom. The molecule has 1 aliphatic heterocycles. The van der Waals surface area contributed by atoms with Crippen LogP contribution in [0.1, 0.15) is 0 Å². The summed E-state index contributed by atoms with van der Waals surface area (Å²) in [5.74, 6) is 0.107. The molecule has 3 aromatic rings. The lowest BCUT2D eigenvalue weighted by Gasteiger charge is -2.28. The number of carbonyl (C=O) groups excluding carboxylic acids is 2. The molecule has 6 heteroatoms. The first kappa shape index (κ1) is 16.9. The van der Waals surface area contributed by atoms with Gasteiger partial charge < -0.3 is 10.2 Å². The number of anilines is 2. The van der Waals surface area contributed by atoms with Gasteiger partial charge in [-0.3, -0.25) is 9.59 Å². The van der Waals surface area contributed by atoms with Crippen LogP contribution in [0.3, 0.4) is 0 Å². The van der Waals surface area contributed by atoms with Crippen LogP contribution in [0.4, 0.5) is 11.4 Å². The molecule has 0 saturated carbocycles. The van der Waals surface area contributed by atoms with Crippen LogP contribution in [-0.4, -0.2) is 24.1 Å². The van der Waals surface area contributed by atoms with Crippen LogP contribution in [0.15, 0.2) is 70.9 Å². The van der Waals surface area contributed by atoms with E-state index in [2.05, 4.69) is 5.32 Å². The van der Waals surface area contributed by atoms with Crippen LogP contribution in [0.5, 0.6) is 0 Å². The Labute approximate surface area is 159 Å². The van der Waals surface area contributed by atoms with E-state index in [4.69, 9.17) is 0 Å². The number of nitrogens with one attached hydrogen (secondary N) is 1. The normalized spacial score (nSPS) is 13.4. The fraction of sp³-hybridized carbons (Fsp3) is 0.100. The molecule has 0 atom stereocenters. The zero-order chi connectivity index (χ0) is 17.9. The van der Waals surface area contributed by atoms with E-state index < -0.39 is 0 Å². The van der Waals surface area contributed by atoms with Gasteiger partial charge in [0, 0.05) is 21.0 Å². The van der Waals surface area contributed by atoms with Crippen molar-refractivity contribution in [2.75, 3.05) is 22.5 Å². The standard InChI is InChI=1S/C20H16N2O2S2/c23-19(12-22-16-8-3-4-9-18(16)26-13-20(22)24)21-15-7-2-1-6-14(15)17-10-5-11-25-17/h1-11H,12-13H2,(H,21,23). The lowest BCUT2D eigenvalue weighted by Crippen LogP contribution is -2.41. The van der Waals surface area contributed by atoms with E-state index in [-0.39, 0.29) is 18.4 Å². The highest BCUT2D eigenvalue weighted by atomic mass is 32.2. The van der Waals surface area contributed by atoms with Crippen LogP contribution >= 0.6 is 23.1 Å². The van der Waals surface area contributed by atoms with Crippen molar-refractivity contribution in [2.24, 2.45) is 0 Å². The summed E-state index contributed by atoms with van der Waals surface area (Å²) in [4.78, 5) is 28.7. The van der Waals surface area contributed by atoms with Gasteiger partial charge in [0.05, 0.1) is 11.4 Å². The minimum Gasteiger partial charge on any atom is -0.324 e. The molecule has 130 valence electrons. The smallest absolute Gasteiger partial charge is 0.244 e. The molecule has 26 heavy (non-hydrogen) atoms. The highest BCUT2D eigenvalue weighted by Gasteiger charge is 2.26. The van der Waals surface area contributed by atoms with Gasteiger partial charge in [0.1, 0.15) is 6.54 Å². The molecule has 4 rings (SSSR count). The number of fused-ring (bicyclic) bond motifs is 1. The molecule has 0 spiro atoms. The first-order valence-corrected chi connectivity index (χ1v) is 10.0. The molecule has 2 heterocycles. The van der Waals surface area contributed by atoms with E-state index in [1.165, 1.54) is 11.8 Å². The van der Waals surface area contributed by atoms with Crippen LogP contribution in [0, 0.1) is 0 Å².